The maximum Gasteiger partial charge on any atom is 0.326 e. The summed E-state index contributed by atoms with van der Waals surface area (Å²) in [5.41, 5.74) is 3.20. The molecule has 3 aromatic rings. The third-order valence-electron chi connectivity index (χ3n) is 6.30. The lowest BCUT2D eigenvalue weighted by Gasteiger charge is -2.31. The molecule has 0 aliphatic carbocycles. The van der Waals surface area contributed by atoms with E-state index in [0.717, 1.165) is 5.56 Å². The smallest absolute Gasteiger partial charge is 0.326 e. The molecule has 0 radical (unpaired) electrons. The molecule has 3 N–H and O–H groups in total. The number of nitrogens with zero attached hydrogens (tertiary/aromatic N) is 1. The Morgan fingerprint density at radius 3 is 2.31 bits per heavy atom. The second-order valence-electron chi connectivity index (χ2n) is 8.60. The number of rotatable bonds is 8. The first-order valence-electron chi connectivity index (χ1n) is 11.3. The van der Waals surface area contributed by atoms with Crippen molar-refractivity contribution in [3.05, 3.63) is 88.4 Å². The van der Waals surface area contributed by atoms with Gasteiger partial charge in [-0.05, 0) is 36.8 Å². The van der Waals surface area contributed by atoms with E-state index >= 15 is 0 Å². The number of aliphatic hydroxyl groups is 2. The predicted octanol–water partition coefficient (Wildman–Crippen LogP) is 4.13. The summed E-state index contributed by atoms with van der Waals surface area (Å²) in [6.45, 7) is 1.04. The summed E-state index contributed by atoms with van der Waals surface area (Å²) in [4.78, 5) is 38.9. The number of likely N-dealkylation sites (tertiary alicyclic amines) is 1. The van der Waals surface area contributed by atoms with E-state index in [4.69, 9.17) is 11.6 Å². The Balaban J connectivity index is 1.69. The molecule has 1 saturated heterocycles. The van der Waals surface area contributed by atoms with Crippen LogP contribution in [0.1, 0.15) is 34.3 Å². The van der Waals surface area contributed by atoms with Gasteiger partial charge in [-0.3, -0.25) is 4.79 Å². The molecule has 1 fully saturated rings. The molecule has 3 aromatic carbocycles. The molecule has 4 rings (SSSR count). The highest BCUT2D eigenvalue weighted by atomic mass is 35.5. The van der Waals surface area contributed by atoms with Crippen molar-refractivity contribution in [3.8, 4) is 0 Å². The summed E-state index contributed by atoms with van der Waals surface area (Å²) in [5.74, 6) is -0.862. The van der Waals surface area contributed by atoms with Gasteiger partial charge in [0, 0.05) is 22.9 Å². The Morgan fingerprint density at radius 2 is 1.66 bits per heavy atom. The van der Waals surface area contributed by atoms with E-state index < -0.39 is 17.2 Å². The number of hydrogen-bond donors (Lipinski definition) is 3. The summed E-state index contributed by atoms with van der Waals surface area (Å²) in [5, 5.41) is 23.0. The highest BCUT2D eigenvalue weighted by Gasteiger charge is 2.53. The van der Waals surface area contributed by atoms with Gasteiger partial charge in [0.05, 0.1) is 24.5 Å². The van der Waals surface area contributed by atoms with Gasteiger partial charge < -0.3 is 15.5 Å². The lowest BCUT2D eigenvalue weighted by Crippen LogP contribution is -2.58. The van der Waals surface area contributed by atoms with Crippen LogP contribution >= 0.6 is 11.6 Å². The first-order chi connectivity index (χ1) is 16.8. The normalized spacial score (nSPS) is 15.8. The molecule has 0 spiro atoms. The zero-order valence-electron chi connectivity index (χ0n) is 19.2. The Bertz CT molecular complexity index is 1290. The lowest BCUT2D eigenvalue weighted by molar-refractivity contribution is -0.139. The van der Waals surface area contributed by atoms with Crippen LogP contribution in [0.15, 0.2) is 66.7 Å². The van der Waals surface area contributed by atoms with Gasteiger partial charge in [-0.25, -0.2) is 9.59 Å². The van der Waals surface area contributed by atoms with Crippen LogP contribution in [0.3, 0.4) is 0 Å². The number of aliphatic hydroxyl groups excluding tert-OH is 2. The first-order valence-corrected chi connectivity index (χ1v) is 11.7. The molecule has 0 saturated carbocycles. The Labute approximate surface area is 208 Å². The summed E-state index contributed by atoms with van der Waals surface area (Å²) >= 11 is 6.49. The maximum absolute atomic E-state index is 13.0. The number of quaternary nitrogens is 1. The maximum atomic E-state index is 13.0. The average Bonchev–Trinajstić information content (AvgIpc) is 3.13. The van der Waals surface area contributed by atoms with Gasteiger partial charge in [0.25, 0.3) is 0 Å². The zero-order valence-corrected chi connectivity index (χ0v) is 20.0. The van der Waals surface area contributed by atoms with Crippen LogP contribution in [0.4, 0.5) is 17.1 Å². The fourth-order valence-corrected chi connectivity index (χ4v) is 4.76. The van der Waals surface area contributed by atoms with Gasteiger partial charge >= 0.3 is 11.8 Å². The third-order valence-corrected chi connectivity index (χ3v) is 6.61. The van der Waals surface area contributed by atoms with Crippen molar-refractivity contribution in [2.24, 2.45) is 0 Å². The summed E-state index contributed by atoms with van der Waals surface area (Å²) in [7, 11) is 0. The van der Waals surface area contributed by atoms with Crippen molar-refractivity contribution in [1.29, 1.82) is 0 Å². The molecule has 1 heterocycles. The predicted molar refractivity (Wildman–Crippen MR) is 135 cm³/mol. The molecule has 1 unspecified atom stereocenters. The highest BCUT2D eigenvalue weighted by Crippen LogP contribution is 2.39. The van der Waals surface area contributed by atoms with Crippen molar-refractivity contribution in [2.75, 3.05) is 18.5 Å². The van der Waals surface area contributed by atoms with Crippen LogP contribution in [0.25, 0.3) is 0 Å². The summed E-state index contributed by atoms with van der Waals surface area (Å²) in [6, 6.07) is 19.1. The molecule has 1 atom stereocenters. The monoisotopic (exact) mass is 493 g/mol. The second kappa shape index (κ2) is 10.1. The molecular weight excluding hydrogens is 468 g/mol. The fourth-order valence-electron chi connectivity index (χ4n) is 4.50. The summed E-state index contributed by atoms with van der Waals surface area (Å²) in [6.07, 6.45) is -1.12. The molecule has 180 valence electrons. The molecule has 35 heavy (non-hydrogen) atoms. The first kappa shape index (κ1) is 24.8. The molecular formula is C27H26ClN2O5+. The van der Waals surface area contributed by atoms with Crippen molar-refractivity contribution in [2.45, 2.75) is 25.9 Å². The van der Waals surface area contributed by atoms with Gasteiger partial charge in [-0.1, -0.05) is 48.0 Å². The number of para-hydroxylation sites is 2. The molecule has 7 nitrogen and oxygen atoms in total. The SMILES string of the molecule is Cc1ccccc1C(=O)c1ccc(Nc2ccccc2[N+]2(CC(O)CO)C(=O)CCC2=O)cc1Cl. The number of hydrogen-bond acceptors (Lipinski definition) is 6. The van der Waals surface area contributed by atoms with Crippen LogP contribution < -0.4 is 9.80 Å². The topological polar surface area (TPSA) is 104 Å². The van der Waals surface area contributed by atoms with Crippen molar-refractivity contribution >= 4 is 46.3 Å². The molecule has 2 amide bonds. The van der Waals surface area contributed by atoms with E-state index in [1.807, 2.05) is 19.1 Å². The number of aryl methyl sites for hydroxylation is 1. The van der Waals surface area contributed by atoms with E-state index in [-0.39, 0.29) is 42.0 Å². The molecule has 8 heteroatoms. The minimum Gasteiger partial charge on any atom is -0.393 e. The number of nitrogens with one attached hydrogen (secondary N) is 1. The van der Waals surface area contributed by atoms with Crippen LogP contribution in [-0.4, -0.2) is 47.1 Å². The second-order valence-corrected chi connectivity index (χ2v) is 9.00. The third kappa shape index (κ3) is 4.63. The number of anilines is 2. The van der Waals surface area contributed by atoms with Crippen molar-refractivity contribution < 1.29 is 24.6 Å². The Kier molecular flexibility index (Phi) is 7.14. The number of halogens is 1. The quantitative estimate of drug-likeness (QED) is 0.248. The van der Waals surface area contributed by atoms with Crippen molar-refractivity contribution in [3.63, 3.8) is 0 Å². The number of benzene rings is 3. The number of amides is 2. The molecule has 1 aliphatic rings. The standard InChI is InChI=1S/C27H25ClN2O5/c1-17-6-2-3-7-20(17)27(35)21-11-10-18(14-22(21)28)29-23-8-4-5-9-24(23)30(15-19(32)16-31)25(33)12-13-26(30)34/h2-11,14,19,31-32H,12-13,15-16H2,1H3/p+1. The molecule has 0 bridgehead atoms. The number of carbonyl (C=O) groups is 3. The van der Waals surface area contributed by atoms with Gasteiger partial charge in [-0.2, -0.15) is 4.48 Å². The highest BCUT2D eigenvalue weighted by molar-refractivity contribution is 6.35. The minimum absolute atomic E-state index is 0.0624. The van der Waals surface area contributed by atoms with E-state index in [1.54, 1.807) is 54.6 Å². The van der Waals surface area contributed by atoms with Crippen LogP contribution in [0.5, 0.6) is 0 Å². The Morgan fingerprint density at radius 1 is 1.00 bits per heavy atom. The van der Waals surface area contributed by atoms with Gasteiger partial charge in [0.15, 0.2) is 11.5 Å². The zero-order chi connectivity index (χ0) is 25.2. The molecule has 1 aliphatic heterocycles. The largest absolute Gasteiger partial charge is 0.393 e. The number of imide groups is 1. The lowest BCUT2D eigenvalue weighted by atomic mass is 9.99. The van der Waals surface area contributed by atoms with Crippen LogP contribution in [0, 0.1) is 6.92 Å². The minimum atomic E-state index is -1.24. The molecule has 0 aromatic heterocycles. The van der Waals surface area contributed by atoms with Gasteiger partial charge in [0.2, 0.25) is 0 Å². The number of carbonyl (C=O) groups excluding carboxylic acids is 3. The fraction of sp³-hybridized carbons (Fsp3) is 0.222. The Hall–Kier alpha value is -3.36. The summed E-state index contributed by atoms with van der Waals surface area (Å²) < 4.78 is -0.678. The van der Waals surface area contributed by atoms with E-state index in [0.29, 0.717) is 28.2 Å². The van der Waals surface area contributed by atoms with Crippen molar-refractivity contribution in [1.82, 2.24) is 4.48 Å². The van der Waals surface area contributed by atoms with E-state index in [2.05, 4.69) is 5.32 Å². The van der Waals surface area contributed by atoms with Crippen LogP contribution in [0.2, 0.25) is 5.02 Å². The average molecular weight is 494 g/mol. The van der Waals surface area contributed by atoms with Crippen LogP contribution in [-0.2, 0) is 9.59 Å². The van der Waals surface area contributed by atoms with Gasteiger partial charge in [-0.15, -0.1) is 0 Å². The van der Waals surface area contributed by atoms with E-state index in [1.165, 1.54) is 0 Å². The van der Waals surface area contributed by atoms with E-state index in [9.17, 15) is 24.6 Å². The number of ketones is 1. The van der Waals surface area contributed by atoms with Gasteiger partial charge in [0.1, 0.15) is 18.3 Å².